The van der Waals surface area contributed by atoms with E-state index < -0.39 is 20.7 Å². The van der Waals surface area contributed by atoms with Crippen LogP contribution < -0.4 is 0 Å². The number of oxime groups is 1. The van der Waals surface area contributed by atoms with Crippen LogP contribution in [0.2, 0.25) is 0 Å². The molecule has 108 valence electrons. The molecule has 2 rings (SSSR count). The predicted octanol–water partition coefficient (Wildman–Crippen LogP) is 2.44. The summed E-state index contributed by atoms with van der Waals surface area (Å²) in [5, 5.41) is 10.8. The maximum absolute atomic E-state index is 12.3. The van der Waals surface area contributed by atoms with Gasteiger partial charge < -0.3 is 5.21 Å². The molecule has 0 saturated carbocycles. The van der Waals surface area contributed by atoms with Crippen molar-refractivity contribution in [2.24, 2.45) is 5.16 Å². The molecule has 2 aromatic carbocycles. The van der Waals surface area contributed by atoms with Gasteiger partial charge >= 0.3 is 0 Å². The molecule has 0 amide bonds. The standard InChI is InChI=1S/C15H13NO4S/c1-11-7-9-12(10-8-11)14(17)15(16-18)21(19,20)13-5-3-2-4-6-13/h2-10,18H,1H3/b16-15-. The average Bonchev–Trinajstić information content (AvgIpc) is 2.49. The van der Waals surface area contributed by atoms with Gasteiger partial charge in [-0.25, -0.2) is 8.42 Å². The number of sulfone groups is 1. The number of Topliss-reactive ketones (excluding diaryl/α,β-unsaturated/α-hetero) is 1. The molecule has 0 saturated heterocycles. The van der Waals surface area contributed by atoms with Crippen LogP contribution in [-0.2, 0) is 9.84 Å². The Morgan fingerprint density at radius 1 is 1.00 bits per heavy atom. The molecule has 6 heteroatoms. The molecule has 2 aromatic rings. The smallest absolute Gasteiger partial charge is 0.246 e. The van der Waals surface area contributed by atoms with E-state index >= 15 is 0 Å². The zero-order chi connectivity index (χ0) is 15.5. The van der Waals surface area contributed by atoms with Gasteiger partial charge in [-0.2, -0.15) is 0 Å². The first-order chi connectivity index (χ1) is 9.96. The molecule has 5 nitrogen and oxygen atoms in total. The lowest BCUT2D eigenvalue weighted by atomic mass is 10.1. The van der Waals surface area contributed by atoms with Crippen LogP contribution in [0, 0.1) is 6.92 Å². The van der Waals surface area contributed by atoms with Crippen molar-refractivity contribution in [1.82, 2.24) is 0 Å². The van der Waals surface area contributed by atoms with Gasteiger partial charge in [-0.3, -0.25) is 4.79 Å². The molecule has 0 unspecified atom stereocenters. The van der Waals surface area contributed by atoms with Crippen LogP contribution in [0.5, 0.6) is 0 Å². The second-order valence-electron chi connectivity index (χ2n) is 4.42. The maximum atomic E-state index is 12.3. The third-order valence-electron chi connectivity index (χ3n) is 2.91. The molecule has 0 spiro atoms. The van der Waals surface area contributed by atoms with E-state index in [2.05, 4.69) is 5.16 Å². The summed E-state index contributed by atoms with van der Waals surface area (Å²) in [7, 11) is -4.16. The topological polar surface area (TPSA) is 83.8 Å². The Kier molecular flexibility index (Phi) is 4.18. The summed E-state index contributed by atoms with van der Waals surface area (Å²) in [5.74, 6) is -0.846. The van der Waals surface area contributed by atoms with E-state index in [4.69, 9.17) is 5.21 Å². The number of carbonyl (C=O) groups excluding carboxylic acids is 1. The Balaban J connectivity index is 2.45. The fraction of sp³-hybridized carbons (Fsp3) is 0.0667. The van der Waals surface area contributed by atoms with Crippen molar-refractivity contribution in [3.63, 3.8) is 0 Å². The third kappa shape index (κ3) is 3.00. The number of hydrogen-bond acceptors (Lipinski definition) is 5. The highest BCUT2D eigenvalue weighted by Gasteiger charge is 2.30. The normalized spacial score (nSPS) is 12.1. The van der Waals surface area contributed by atoms with Gasteiger partial charge in [-0.15, -0.1) is 0 Å². The minimum absolute atomic E-state index is 0.0988. The highest BCUT2D eigenvalue weighted by molar-refractivity contribution is 8.08. The Morgan fingerprint density at radius 2 is 1.57 bits per heavy atom. The van der Waals surface area contributed by atoms with Crippen molar-refractivity contribution in [1.29, 1.82) is 0 Å². The van der Waals surface area contributed by atoms with Crippen LogP contribution in [0.25, 0.3) is 0 Å². The summed E-state index contributed by atoms with van der Waals surface area (Å²) in [6, 6.07) is 13.7. The Hall–Kier alpha value is -2.47. The van der Waals surface area contributed by atoms with Crippen LogP contribution in [0.4, 0.5) is 0 Å². The van der Waals surface area contributed by atoms with Gasteiger partial charge in [0.25, 0.3) is 0 Å². The molecule has 0 atom stereocenters. The summed E-state index contributed by atoms with van der Waals surface area (Å²) >= 11 is 0. The fourth-order valence-corrected chi connectivity index (χ4v) is 2.97. The van der Waals surface area contributed by atoms with E-state index in [0.717, 1.165) is 5.56 Å². The van der Waals surface area contributed by atoms with Gasteiger partial charge in [-0.1, -0.05) is 53.2 Å². The zero-order valence-corrected chi connectivity index (χ0v) is 12.0. The Bertz CT molecular complexity index is 778. The van der Waals surface area contributed by atoms with Crippen molar-refractivity contribution < 1.29 is 18.4 Å². The van der Waals surface area contributed by atoms with Crippen molar-refractivity contribution in [2.45, 2.75) is 11.8 Å². The monoisotopic (exact) mass is 303 g/mol. The first-order valence-electron chi connectivity index (χ1n) is 6.10. The number of hydrogen-bond donors (Lipinski definition) is 1. The van der Waals surface area contributed by atoms with Crippen LogP contribution in [-0.4, -0.2) is 24.5 Å². The molecule has 0 fully saturated rings. The molecule has 21 heavy (non-hydrogen) atoms. The minimum Gasteiger partial charge on any atom is -0.410 e. The number of rotatable bonds is 3. The minimum atomic E-state index is -4.16. The molecule has 0 heterocycles. The van der Waals surface area contributed by atoms with Crippen molar-refractivity contribution in [3.05, 3.63) is 65.7 Å². The highest BCUT2D eigenvalue weighted by Crippen LogP contribution is 2.15. The van der Waals surface area contributed by atoms with Gasteiger partial charge in [0.1, 0.15) is 0 Å². The SMILES string of the molecule is Cc1ccc(C(=O)/C(=N/O)S(=O)(=O)c2ccccc2)cc1. The van der Waals surface area contributed by atoms with E-state index in [1.165, 1.54) is 36.4 Å². The van der Waals surface area contributed by atoms with E-state index in [-0.39, 0.29) is 10.5 Å². The van der Waals surface area contributed by atoms with Crippen LogP contribution in [0.1, 0.15) is 15.9 Å². The molecule has 0 aromatic heterocycles. The van der Waals surface area contributed by atoms with E-state index in [0.29, 0.717) is 0 Å². The van der Waals surface area contributed by atoms with E-state index in [1.54, 1.807) is 18.2 Å². The van der Waals surface area contributed by atoms with Gasteiger partial charge in [0.2, 0.25) is 20.7 Å². The summed E-state index contributed by atoms with van der Waals surface area (Å²) in [6.07, 6.45) is 0. The van der Waals surface area contributed by atoms with Crippen LogP contribution in [0.3, 0.4) is 0 Å². The first kappa shape index (κ1) is 14.9. The fourth-order valence-electron chi connectivity index (χ4n) is 1.76. The quantitative estimate of drug-likeness (QED) is 0.310. The molecule has 0 aliphatic carbocycles. The molecule has 0 aliphatic rings. The molecule has 0 bridgehead atoms. The number of carbonyl (C=O) groups is 1. The number of nitrogens with zero attached hydrogens (tertiary/aromatic N) is 1. The third-order valence-corrected chi connectivity index (χ3v) is 4.58. The number of aryl methyl sites for hydroxylation is 1. The second-order valence-corrected chi connectivity index (χ2v) is 6.28. The lowest BCUT2D eigenvalue weighted by molar-refractivity contribution is 0.106. The lowest BCUT2D eigenvalue weighted by Gasteiger charge is -2.06. The first-order valence-corrected chi connectivity index (χ1v) is 7.58. The zero-order valence-electron chi connectivity index (χ0n) is 11.2. The van der Waals surface area contributed by atoms with Crippen LogP contribution >= 0.6 is 0 Å². The highest BCUT2D eigenvalue weighted by atomic mass is 32.2. The van der Waals surface area contributed by atoms with Gasteiger partial charge in [-0.05, 0) is 19.1 Å². The number of benzene rings is 2. The Labute approximate surface area is 122 Å². The summed E-state index contributed by atoms with van der Waals surface area (Å²) in [5.41, 5.74) is 1.08. The molecule has 1 N–H and O–H groups in total. The molecular weight excluding hydrogens is 290 g/mol. The van der Waals surface area contributed by atoms with Crippen molar-refractivity contribution >= 4 is 20.7 Å². The average molecular weight is 303 g/mol. The number of ketones is 1. The summed E-state index contributed by atoms with van der Waals surface area (Å²) in [6.45, 7) is 1.84. The molecular formula is C15H13NO4S. The van der Waals surface area contributed by atoms with Crippen molar-refractivity contribution in [3.8, 4) is 0 Å². The second kappa shape index (κ2) is 5.88. The molecule has 0 aliphatic heterocycles. The van der Waals surface area contributed by atoms with Crippen molar-refractivity contribution in [2.75, 3.05) is 0 Å². The van der Waals surface area contributed by atoms with E-state index in [1.807, 2.05) is 6.92 Å². The largest absolute Gasteiger partial charge is 0.410 e. The van der Waals surface area contributed by atoms with E-state index in [9.17, 15) is 13.2 Å². The molecule has 0 radical (unpaired) electrons. The summed E-state index contributed by atoms with van der Waals surface area (Å²) in [4.78, 5) is 12.1. The maximum Gasteiger partial charge on any atom is 0.246 e. The Morgan fingerprint density at radius 3 is 2.10 bits per heavy atom. The van der Waals surface area contributed by atoms with Gasteiger partial charge in [0.05, 0.1) is 4.90 Å². The van der Waals surface area contributed by atoms with Gasteiger partial charge in [0.15, 0.2) is 0 Å². The predicted molar refractivity (Wildman–Crippen MR) is 78.4 cm³/mol. The lowest BCUT2D eigenvalue weighted by Crippen LogP contribution is -2.25. The van der Waals surface area contributed by atoms with Crippen LogP contribution in [0.15, 0.2) is 64.6 Å². The van der Waals surface area contributed by atoms with Gasteiger partial charge in [0, 0.05) is 5.56 Å². The summed E-state index contributed by atoms with van der Waals surface area (Å²) < 4.78 is 24.7.